The number of ether oxygens (including phenoxy) is 2. The molecular weight excluding hydrogens is 454 g/mol. The van der Waals surface area contributed by atoms with Crippen LogP contribution in [0.1, 0.15) is 89.0 Å². The third-order valence-corrected chi connectivity index (χ3v) is 7.02. The Hall–Kier alpha value is -2.83. The standard InChI is InChI=1S/C29H43N3O4/c1-6-7-9-15-24(33)28(21-13-10-8-11-14-21)30-29(34)22-18-23(32(31-22)19-20(2)3)27-25(35-4)16-12-17-26(27)36-5/h12,16-18,20-21,28H,6-11,13-15,19H2,1-5H3,(H,30,34)/t28-/m0/s1. The molecule has 7 heteroatoms. The molecule has 2 aromatic rings. The minimum absolute atomic E-state index is 0.150. The molecule has 1 aliphatic carbocycles. The van der Waals surface area contributed by atoms with Gasteiger partial charge in [-0.25, -0.2) is 0 Å². The first-order valence-electron chi connectivity index (χ1n) is 13.5. The van der Waals surface area contributed by atoms with Crippen LogP contribution in [0, 0.1) is 11.8 Å². The summed E-state index contributed by atoms with van der Waals surface area (Å²) in [6.07, 6.45) is 8.86. The van der Waals surface area contributed by atoms with Gasteiger partial charge in [0.1, 0.15) is 11.5 Å². The Kier molecular flexibility index (Phi) is 10.4. The minimum Gasteiger partial charge on any atom is -0.496 e. The predicted molar refractivity (Wildman–Crippen MR) is 143 cm³/mol. The third kappa shape index (κ3) is 6.89. The monoisotopic (exact) mass is 497 g/mol. The van der Waals surface area contributed by atoms with Crippen molar-refractivity contribution >= 4 is 11.7 Å². The average molecular weight is 498 g/mol. The fraction of sp³-hybridized carbons (Fsp3) is 0.621. The molecule has 1 fully saturated rings. The van der Waals surface area contributed by atoms with E-state index in [4.69, 9.17) is 14.6 Å². The number of methoxy groups -OCH3 is 2. The number of nitrogens with one attached hydrogen (secondary N) is 1. The molecule has 0 saturated heterocycles. The fourth-order valence-corrected chi connectivity index (χ4v) is 5.17. The molecule has 1 aromatic carbocycles. The summed E-state index contributed by atoms with van der Waals surface area (Å²) >= 11 is 0. The van der Waals surface area contributed by atoms with Crippen molar-refractivity contribution in [1.82, 2.24) is 15.1 Å². The largest absolute Gasteiger partial charge is 0.496 e. The van der Waals surface area contributed by atoms with Crippen LogP contribution in [0.15, 0.2) is 24.3 Å². The van der Waals surface area contributed by atoms with Crippen molar-refractivity contribution in [1.29, 1.82) is 0 Å². The first-order valence-corrected chi connectivity index (χ1v) is 13.5. The second kappa shape index (κ2) is 13.5. The maximum atomic E-state index is 13.5. The highest BCUT2D eigenvalue weighted by molar-refractivity contribution is 5.97. The highest BCUT2D eigenvalue weighted by atomic mass is 16.5. The van der Waals surface area contributed by atoms with Crippen LogP contribution < -0.4 is 14.8 Å². The van der Waals surface area contributed by atoms with Gasteiger partial charge in [0, 0.05) is 13.0 Å². The number of benzene rings is 1. The van der Waals surface area contributed by atoms with Crippen LogP contribution in [-0.2, 0) is 11.3 Å². The molecule has 0 unspecified atom stereocenters. The van der Waals surface area contributed by atoms with Gasteiger partial charge in [0.05, 0.1) is 31.5 Å². The van der Waals surface area contributed by atoms with Crippen molar-refractivity contribution in [3.05, 3.63) is 30.0 Å². The lowest BCUT2D eigenvalue weighted by atomic mass is 9.81. The first-order chi connectivity index (χ1) is 17.4. The van der Waals surface area contributed by atoms with Gasteiger partial charge in [-0.3, -0.25) is 14.3 Å². The molecule has 1 amide bonds. The molecule has 0 spiro atoms. The van der Waals surface area contributed by atoms with Gasteiger partial charge in [-0.2, -0.15) is 5.10 Å². The molecule has 0 aliphatic heterocycles. The van der Waals surface area contributed by atoms with Crippen molar-refractivity contribution in [3.63, 3.8) is 0 Å². The topological polar surface area (TPSA) is 82.5 Å². The summed E-state index contributed by atoms with van der Waals surface area (Å²) in [5, 5.41) is 7.80. The highest BCUT2D eigenvalue weighted by Crippen LogP contribution is 2.39. The molecular formula is C29H43N3O4. The Balaban J connectivity index is 1.93. The number of unbranched alkanes of at least 4 members (excludes halogenated alkanes) is 2. The molecule has 7 nitrogen and oxygen atoms in total. The van der Waals surface area contributed by atoms with Crippen molar-refractivity contribution in [3.8, 4) is 22.8 Å². The number of carbonyl (C=O) groups excluding carboxylic acids is 2. The molecule has 1 heterocycles. The smallest absolute Gasteiger partial charge is 0.272 e. The predicted octanol–water partition coefficient (Wildman–Crippen LogP) is 6.05. The number of hydrogen-bond donors (Lipinski definition) is 1. The van der Waals surface area contributed by atoms with Crippen molar-refractivity contribution in [2.75, 3.05) is 14.2 Å². The molecule has 198 valence electrons. The SMILES string of the molecule is CCCCCC(=O)[C@@H](NC(=O)c1cc(-c2c(OC)cccc2OC)n(CC(C)C)n1)C1CCCCC1. The van der Waals surface area contributed by atoms with Gasteiger partial charge in [-0.1, -0.05) is 58.9 Å². The van der Waals surface area contributed by atoms with Crippen molar-refractivity contribution in [2.45, 2.75) is 91.1 Å². The lowest BCUT2D eigenvalue weighted by Crippen LogP contribution is -2.46. The number of Topliss-reactive ketones (excluding diaryl/α,β-unsaturated/α-hetero) is 1. The van der Waals surface area contributed by atoms with Gasteiger partial charge in [-0.15, -0.1) is 0 Å². The summed E-state index contributed by atoms with van der Waals surface area (Å²) < 4.78 is 13.1. The van der Waals surface area contributed by atoms with Crippen LogP contribution in [0.5, 0.6) is 11.5 Å². The Morgan fingerprint density at radius 3 is 2.33 bits per heavy atom. The Morgan fingerprint density at radius 2 is 1.75 bits per heavy atom. The molecule has 1 saturated carbocycles. The maximum Gasteiger partial charge on any atom is 0.272 e. The number of amides is 1. The van der Waals surface area contributed by atoms with E-state index in [-0.39, 0.29) is 17.6 Å². The Bertz CT molecular complexity index is 986. The summed E-state index contributed by atoms with van der Waals surface area (Å²) in [6, 6.07) is 6.96. The minimum atomic E-state index is -0.450. The van der Waals surface area contributed by atoms with E-state index in [0.717, 1.165) is 56.2 Å². The van der Waals surface area contributed by atoms with Crippen molar-refractivity contribution < 1.29 is 19.1 Å². The summed E-state index contributed by atoms with van der Waals surface area (Å²) in [5.41, 5.74) is 1.82. The number of hydrogen-bond acceptors (Lipinski definition) is 5. The van der Waals surface area contributed by atoms with E-state index >= 15 is 0 Å². The van der Waals surface area contributed by atoms with Crippen LogP contribution >= 0.6 is 0 Å². The molecule has 36 heavy (non-hydrogen) atoms. The molecule has 1 aliphatic rings. The number of ketones is 1. The normalized spacial score (nSPS) is 15.1. The van der Waals surface area contributed by atoms with E-state index in [0.29, 0.717) is 36.1 Å². The van der Waals surface area contributed by atoms with E-state index in [1.165, 1.54) is 6.42 Å². The van der Waals surface area contributed by atoms with E-state index in [1.54, 1.807) is 20.3 Å². The summed E-state index contributed by atoms with van der Waals surface area (Å²) in [4.78, 5) is 26.7. The maximum absolute atomic E-state index is 13.5. The quantitative estimate of drug-likeness (QED) is 0.341. The van der Waals surface area contributed by atoms with Crippen molar-refractivity contribution in [2.24, 2.45) is 11.8 Å². The second-order valence-corrected chi connectivity index (χ2v) is 10.3. The van der Waals surface area contributed by atoms with Crippen LogP contribution in [0.3, 0.4) is 0 Å². The number of aromatic nitrogens is 2. The number of nitrogens with zero attached hydrogens (tertiary/aromatic N) is 2. The van der Waals surface area contributed by atoms with Gasteiger partial charge < -0.3 is 14.8 Å². The number of rotatable bonds is 13. The molecule has 1 aromatic heterocycles. The van der Waals surface area contributed by atoms with Gasteiger partial charge in [-0.05, 0) is 49.3 Å². The molecule has 0 bridgehead atoms. The zero-order valence-corrected chi connectivity index (χ0v) is 22.6. The van der Waals surface area contributed by atoms with E-state index in [1.807, 2.05) is 22.9 Å². The van der Waals surface area contributed by atoms with Gasteiger partial charge in [0.25, 0.3) is 5.91 Å². The van der Waals surface area contributed by atoms with E-state index < -0.39 is 6.04 Å². The van der Waals surface area contributed by atoms with Gasteiger partial charge >= 0.3 is 0 Å². The molecule has 0 radical (unpaired) electrons. The highest BCUT2D eigenvalue weighted by Gasteiger charge is 2.32. The summed E-state index contributed by atoms with van der Waals surface area (Å²) in [7, 11) is 3.24. The van der Waals surface area contributed by atoms with Crippen LogP contribution in [0.4, 0.5) is 0 Å². The molecule has 1 N–H and O–H groups in total. The Labute approximate surface area is 215 Å². The number of carbonyl (C=O) groups is 2. The Morgan fingerprint density at radius 1 is 1.08 bits per heavy atom. The zero-order valence-electron chi connectivity index (χ0n) is 22.6. The first kappa shape index (κ1) is 27.8. The average Bonchev–Trinajstić information content (AvgIpc) is 3.29. The van der Waals surface area contributed by atoms with Crippen LogP contribution in [0.25, 0.3) is 11.3 Å². The second-order valence-electron chi connectivity index (χ2n) is 10.3. The summed E-state index contributed by atoms with van der Waals surface area (Å²) in [6.45, 7) is 6.98. The molecule has 3 rings (SSSR count). The van der Waals surface area contributed by atoms with E-state index in [9.17, 15) is 9.59 Å². The third-order valence-electron chi connectivity index (χ3n) is 7.02. The fourth-order valence-electron chi connectivity index (χ4n) is 5.17. The summed E-state index contributed by atoms with van der Waals surface area (Å²) in [5.74, 6) is 1.66. The van der Waals surface area contributed by atoms with Gasteiger partial charge in [0.15, 0.2) is 11.5 Å². The lowest BCUT2D eigenvalue weighted by Gasteiger charge is -2.30. The van der Waals surface area contributed by atoms with E-state index in [2.05, 4.69) is 26.1 Å². The lowest BCUT2D eigenvalue weighted by molar-refractivity contribution is -0.122. The van der Waals surface area contributed by atoms with Crippen LogP contribution in [-0.4, -0.2) is 41.7 Å². The van der Waals surface area contributed by atoms with Crippen LogP contribution in [0.2, 0.25) is 0 Å². The van der Waals surface area contributed by atoms with Gasteiger partial charge in [0.2, 0.25) is 0 Å². The molecule has 1 atom stereocenters. The zero-order chi connectivity index (χ0) is 26.1.